The number of nitrogens with one attached hydrogen (secondary N) is 9. The van der Waals surface area contributed by atoms with Gasteiger partial charge in [-0.2, -0.15) is 0 Å². The van der Waals surface area contributed by atoms with E-state index < -0.39 is 193 Å². The number of carboxylic acid groups (broad SMARTS) is 3. The van der Waals surface area contributed by atoms with Crippen LogP contribution in [0.5, 0.6) is 0 Å². The number of aliphatic carboxylic acids is 3. The van der Waals surface area contributed by atoms with Gasteiger partial charge in [0.2, 0.25) is 65.0 Å². The molecule has 0 saturated heterocycles. The van der Waals surface area contributed by atoms with E-state index in [4.69, 9.17) is 22.9 Å². The van der Waals surface area contributed by atoms with Crippen molar-refractivity contribution in [3.8, 4) is 0 Å². The zero-order valence-electron chi connectivity index (χ0n) is 45.9. The molecule has 0 bridgehead atoms. The van der Waals surface area contributed by atoms with Crippen molar-refractivity contribution in [2.24, 2.45) is 46.6 Å². The van der Waals surface area contributed by atoms with Crippen LogP contribution in [0.15, 0.2) is 0 Å². The zero-order valence-corrected chi connectivity index (χ0v) is 45.9. The quantitative estimate of drug-likeness (QED) is 0.0255. The van der Waals surface area contributed by atoms with E-state index in [1.807, 2.05) is 0 Å². The molecule has 31 nitrogen and oxygen atoms in total. The molecular formula is C48H83N13O18. The molecule has 0 aromatic rings. The predicted molar refractivity (Wildman–Crippen MR) is 278 cm³/mol. The Kier molecular flexibility index (Phi) is 32.4. The molecule has 0 aliphatic carbocycles. The third-order valence-electron chi connectivity index (χ3n) is 11.9. The SMILES string of the molecule is CC[C@H](C)[C@H](NC(=O)[C@H](CCCCN)NC(=O)[C@H](CC(C)C)NC(=O)[C@H](CO)NC(=O)[C@@H](N)CC(N)=O)C(=O)N[C@@H](CC(=O)O)C(=O)N[C@@H](CC(N)=O)C(=O)N[C@@H](CC(C)C)C(=O)N[C@@H](CC(=O)O)C(=O)N[C@H](C(=O)O)C(C)C. The molecule has 11 atom stereocenters. The maximum absolute atomic E-state index is 14.1. The first-order valence-electron chi connectivity index (χ1n) is 25.7. The number of hydrogen-bond donors (Lipinski definition) is 17. The summed E-state index contributed by atoms with van der Waals surface area (Å²) in [6, 6.07) is -16.4. The van der Waals surface area contributed by atoms with Crippen LogP contribution in [0.3, 0.4) is 0 Å². The van der Waals surface area contributed by atoms with Crippen molar-refractivity contribution in [1.29, 1.82) is 0 Å². The molecule has 0 saturated carbocycles. The maximum Gasteiger partial charge on any atom is 0.326 e. The summed E-state index contributed by atoms with van der Waals surface area (Å²) in [5.74, 6) is -18.8. The van der Waals surface area contributed by atoms with E-state index in [0.717, 1.165) is 0 Å². The molecule has 0 fully saturated rings. The van der Waals surface area contributed by atoms with Crippen molar-refractivity contribution in [2.45, 2.75) is 180 Å². The van der Waals surface area contributed by atoms with E-state index in [2.05, 4.69) is 47.9 Å². The lowest BCUT2D eigenvalue weighted by atomic mass is 9.96. The topological polar surface area (TPSA) is 532 Å². The average molecular weight is 1130 g/mol. The Morgan fingerprint density at radius 1 is 0.430 bits per heavy atom. The number of hydrogen-bond acceptors (Lipinski definition) is 17. The van der Waals surface area contributed by atoms with Gasteiger partial charge >= 0.3 is 17.9 Å². The Morgan fingerprint density at radius 2 is 0.785 bits per heavy atom. The van der Waals surface area contributed by atoms with Crippen LogP contribution in [0.25, 0.3) is 0 Å². The van der Waals surface area contributed by atoms with Gasteiger partial charge in [0, 0.05) is 0 Å². The molecule has 0 unspecified atom stereocenters. The number of nitrogens with two attached hydrogens (primary N) is 4. The van der Waals surface area contributed by atoms with Gasteiger partial charge in [0.15, 0.2) is 0 Å². The van der Waals surface area contributed by atoms with Gasteiger partial charge in [-0.05, 0) is 62.3 Å². The number of carboxylic acids is 3. The molecule has 0 aromatic carbocycles. The van der Waals surface area contributed by atoms with E-state index in [0.29, 0.717) is 6.42 Å². The summed E-state index contributed by atoms with van der Waals surface area (Å²) in [7, 11) is 0. The van der Waals surface area contributed by atoms with Crippen molar-refractivity contribution < 1.29 is 87.5 Å². The first-order valence-corrected chi connectivity index (χ1v) is 25.7. The van der Waals surface area contributed by atoms with E-state index in [-0.39, 0.29) is 44.6 Å². The Morgan fingerprint density at radius 3 is 1.16 bits per heavy atom. The van der Waals surface area contributed by atoms with Gasteiger partial charge in [-0.3, -0.25) is 62.3 Å². The Bertz CT molecular complexity index is 2160. The highest BCUT2D eigenvalue weighted by Crippen LogP contribution is 2.14. The number of carbonyl (C=O) groups is 14. The van der Waals surface area contributed by atoms with Gasteiger partial charge in [0.25, 0.3) is 0 Å². The minimum absolute atomic E-state index is 0.0333. The molecule has 31 heteroatoms. The number of aliphatic hydroxyl groups is 1. The Balaban J connectivity index is 6.82. The van der Waals surface area contributed by atoms with Crippen LogP contribution in [0, 0.1) is 23.7 Å². The van der Waals surface area contributed by atoms with Crippen molar-refractivity contribution in [3.05, 3.63) is 0 Å². The summed E-state index contributed by atoms with van der Waals surface area (Å²) in [4.78, 5) is 182. The highest BCUT2D eigenvalue weighted by atomic mass is 16.4. The van der Waals surface area contributed by atoms with Gasteiger partial charge in [0.05, 0.1) is 38.3 Å². The number of carbonyl (C=O) groups excluding carboxylic acids is 11. The summed E-state index contributed by atoms with van der Waals surface area (Å²) < 4.78 is 0. The smallest absolute Gasteiger partial charge is 0.326 e. The normalized spacial score (nSPS) is 15.4. The van der Waals surface area contributed by atoms with Gasteiger partial charge < -0.3 is 91.2 Å². The molecule has 79 heavy (non-hydrogen) atoms. The number of aliphatic hydroxyl groups excluding tert-OH is 1. The molecule has 0 radical (unpaired) electrons. The lowest BCUT2D eigenvalue weighted by Crippen LogP contribution is -2.62. The Labute approximate surface area is 457 Å². The average Bonchev–Trinajstić information content (AvgIpc) is 3.33. The highest BCUT2D eigenvalue weighted by Gasteiger charge is 2.38. The van der Waals surface area contributed by atoms with Crippen molar-refractivity contribution in [1.82, 2.24) is 47.9 Å². The van der Waals surface area contributed by atoms with Crippen LogP contribution in [0.4, 0.5) is 0 Å². The Hall–Kier alpha value is -7.54. The number of amides is 11. The summed E-state index contributed by atoms with van der Waals surface area (Å²) in [5, 5.41) is 59.6. The molecular weight excluding hydrogens is 1050 g/mol. The van der Waals surface area contributed by atoms with E-state index >= 15 is 0 Å². The lowest BCUT2D eigenvalue weighted by molar-refractivity contribution is -0.145. The molecule has 0 rings (SSSR count). The number of unbranched alkanes of at least 4 members (excludes halogenated alkanes) is 1. The second-order valence-electron chi connectivity index (χ2n) is 20.2. The van der Waals surface area contributed by atoms with E-state index in [9.17, 15) is 87.5 Å². The predicted octanol–water partition coefficient (Wildman–Crippen LogP) is -5.62. The monoisotopic (exact) mass is 1130 g/mol. The second kappa shape index (κ2) is 35.8. The van der Waals surface area contributed by atoms with Crippen LogP contribution in [-0.2, 0) is 67.1 Å². The van der Waals surface area contributed by atoms with Gasteiger partial charge in [-0.1, -0.05) is 61.8 Å². The van der Waals surface area contributed by atoms with Crippen LogP contribution in [0.2, 0.25) is 0 Å². The number of rotatable bonds is 39. The molecule has 11 amide bonds. The summed E-state index contributed by atoms with van der Waals surface area (Å²) in [5.41, 5.74) is 21.8. The maximum atomic E-state index is 14.1. The molecule has 0 spiro atoms. The standard InChI is InChI=1S/C48H83N13O18/c1-9-24(8)38(61-40(70)26(12-10-11-13-49)53-41(71)27(14-21(2)3)55-46(76)32(20-62)59-39(69)25(50)16-33(51)63)47(77)58-30(18-35(65)66)44(74)56-29(17-34(52)64)43(73)54-28(15-22(4)5)42(72)57-31(19-36(67)68)45(75)60-37(23(6)7)48(78)79/h21-32,37-38,62H,9-20,49-50H2,1-8H3,(H2,51,63)(H2,52,64)(H,53,71)(H,54,73)(H,55,76)(H,56,74)(H,57,72)(H,58,77)(H,59,69)(H,60,75)(H,61,70)(H,65,66)(H,67,68)(H,78,79)/t24-,25-,26-,27-,28-,29-,30-,31-,32-,37-,38-/m0/s1. The fourth-order valence-corrected chi connectivity index (χ4v) is 7.47. The molecule has 0 aliphatic heterocycles. The number of primary amides is 2. The summed E-state index contributed by atoms with van der Waals surface area (Å²) >= 11 is 0. The zero-order chi connectivity index (χ0) is 61.0. The largest absolute Gasteiger partial charge is 0.481 e. The van der Waals surface area contributed by atoms with Crippen LogP contribution in [0.1, 0.15) is 120 Å². The third kappa shape index (κ3) is 27.6. The van der Waals surface area contributed by atoms with Crippen LogP contribution >= 0.6 is 0 Å². The fourth-order valence-electron chi connectivity index (χ4n) is 7.47. The van der Waals surface area contributed by atoms with Gasteiger partial charge in [-0.25, -0.2) is 4.79 Å². The van der Waals surface area contributed by atoms with E-state index in [1.165, 1.54) is 20.8 Å². The van der Waals surface area contributed by atoms with Crippen LogP contribution in [-0.4, -0.2) is 177 Å². The van der Waals surface area contributed by atoms with Gasteiger partial charge in [-0.15, -0.1) is 0 Å². The third-order valence-corrected chi connectivity index (χ3v) is 11.9. The van der Waals surface area contributed by atoms with Crippen molar-refractivity contribution in [2.75, 3.05) is 13.2 Å². The molecule has 21 N–H and O–H groups in total. The molecule has 448 valence electrons. The van der Waals surface area contributed by atoms with Crippen molar-refractivity contribution >= 4 is 82.9 Å². The first kappa shape index (κ1) is 71.5. The minimum atomic E-state index is -2.03. The fraction of sp³-hybridized carbons (Fsp3) is 0.708. The highest BCUT2D eigenvalue weighted by molar-refractivity contribution is 6.00. The first-order chi connectivity index (χ1) is 36.7. The summed E-state index contributed by atoms with van der Waals surface area (Å²) in [6.07, 6.45) is -3.21. The second-order valence-corrected chi connectivity index (χ2v) is 20.2. The minimum Gasteiger partial charge on any atom is -0.481 e. The molecule has 0 aromatic heterocycles. The summed E-state index contributed by atoms with van der Waals surface area (Å²) in [6.45, 7) is 12.0. The molecule has 0 aliphatic rings. The van der Waals surface area contributed by atoms with Crippen LogP contribution < -0.4 is 70.8 Å². The van der Waals surface area contributed by atoms with E-state index in [1.54, 1.807) is 34.6 Å². The lowest BCUT2D eigenvalue weighted by Gasteiger charge is -2.30. The van der Waals surface area contributed by atoms with Crippen molar-refractivity contribution in [3.63, 3.8) is 0 Å². The van der Waals surface area contributed by atoms with Gasteiger partial charge in [0.1, 0.15) is 54.4 Å². The molecule has 0 heterocycles.